The van der Waals surface area contributed by atoms with E-state index in [1.807, 2.05) is 25.1 Å². The molecule has 6 nitrogen and oxygen atoms in total. The van der Waals surface area contributed by atoms with Crippen molar-refractivity contribution in [2.45, 2.75) is 45.9 Å². The van der Waals surface area contributed by atoms with Crippen LogP contribution >= 0.6 is 0 Å². The van der Waals surface area contributed by atoms with E-state index in [2.05, 4.69) is 30.4 Å². The number of hydrogen-bond acceptors (Lipinski definition) is 4. The Bertz CT molecular complexity index is 752. The van der Waals surface area contributed by atoms with Gasteiger partial charge in [-0.1, -0.05) is 17.3 Å². The van der Waals surface area contributed by atoms with Crippen LogP contribution in [0.15, 0.2) is 28.8 Å². The Morgan fingerprint density at radius 3 is 2.88 bits per heavy atom. The van der Waals surface area contributed by atoms with Crippen molar-refractivity contribution in [2.24, 2.45) is 0 Å². The highest BCUT2D eigenvalue weighted by atomic mass is 16.5. The lowest BCUT2D eigenvalue weighted by Gasteiger charge is -2.16. The summed E-state index contributed by atoms with van der Waals surface area (Å²) >= 11 is 0. The maximum Gasteiger partial charge on any atom is 0.317 e. The molecule has 1 N–H and O–H groups in total. The predicted octanol–water partition coefficient (Wildman–Crippen LogP) is 3.04. The van der Waals surface area contributed by atoms with Crippen molar-refractivity contribution >= 4 is 6.03 Å². The molecular formula is C18H23N3O3. The van der Waals surface area contributed by atoms with E-state index in [9.17, 15) is 4.79 Å². The summed E-state index contributed by atoms with van der Waals surface area (Å²) in [6.07, 6.45) is 0.884. The number of benzene rings is 1. The van der Waals surface area contributed by atoms with E-state index in [4.69, 9.17) is 9.26 Å². The number of carbonyl (C=O) groups is 1. The summed E-state index contributed by atoms with van der Waals surface area (Å²) in [5.41, 5.74) is 2.91. The lowest BCUT2D eigenvalue weighted by molar-refractivity contribution is 0.138. The molecule has 0 saturated carbocycles. The summed E-state index contributed by atoms with van der Waals surface area (Å²) in [6.45, 7) is 6.88. The van der Waals surface area contributed by atoms with E-state index in [0.29, 0.717) is 18.8 Å². The van der Waals surface area contributed by atoms with Crippen molar-refractivity contribution in [1.29, 1.82) is 0 Å². The number of rotatable bonds is 4. The summed E-state index contributed by atoms with van der Waals surface area (Å²) in [5, 5.41) is 6.74. The predicted molar refractivity (Wildman–Crippen MR) is 89.8 cm³/mol. The monoisotopic (exact) mass is 329 g/mol. The first kappa shape index (κ1) is 16.4. The molecule has 0 aliphatic carbocycles. The topological polar surface area (TPSA) is 67.6 Å². The molecule has 0 fully saturated rings. The summed E-state index contributed by atoms with van der Waals surface area (Å²) in [5.74, 6) is 1.61. The quantitative estimate of drug-likeness (QED) is 0.936. The molecule has 2 amide bonds. The third-order valence-corrected chi connectivity index (χ3v) is 3.99. The fraction of sp³-hybridized carbons (Fsp3) is 0.444. The number of aryl methyl sites for hydroxylation is 1. The van der Waals surface area contributed by atoms with E-state index in [-0.39, 0.29) is 11.6 Å². The minimum absolute atomic E-state index is 0.152. The van der Waals surface area contributed by atoms with E-state index in [1.165, 1.54) is 5.56 Å². The number of nitrogens with zero attached hydrogens (tertiary/aromatic N) is 2. The smallest absolute Gasteiger partial charge is 0.317 e. The molecule has 2 heterocycles. The number of hydrogen-bond donors (Lipinski definition) is 1. The fourth-order valence-electron chi connectivity index (χ4n) is 2.88. The van der Waals surface area contributed by atoms with E-state index in [0.717, 1.165) is 23.4 Å². The molecule has 0 spiro atoms. The first-order chi connectivity index (χ1) is 11.3. The van der Waals surface area contributed by atoms with Gasteiger partial charge in [0.2, 0.25) is 0 Å². The highest BCUT2D eigenvalue weighted by molar-refractivity contribution is 5.73. The first-order valence-electron chi connectivity index (χ1n) is 8.04. The van der Waals surface area contributed by atoms with Gasteiger partial charge in [-0.05, 0) is 38.0 Å². The van der Waals surface area contributed by atoms with Crippen LogP contribution in [0.3, 0.4) is 0 Å². The number of amides is 2. The Morgan fingerprint density at radius 2 is 2.17 bits per heavy atom. The number of urea groups is 1. The van der Waals surface area contributed by atoms with Crippen LogP contribution in [0.25, 0.3) is 0 Å². The molecule has 1 aliphatic heterocycles. The zero-order valence-electron chi connectivity index (χ0n) is 14.5. The van der Waals surface area contributed by atoms with E-state index >= 15 is 0 Å². The lowest BCUT2D eigenvalue weighted by Crippen LogP contribution is -2.36. The zero-order valence-corrected chi connectivity index (χ0v) is 14.5. The molecule has 24 heavy (non-hydrogen) atoms. The van der Waals surface area contributed by atoms with Gasteiger partial charge in [-0.25, -0.2) is 4.79 Å². The number of ether oxygens (including phenoxy) is 1. The maximum atomic E-state index is 12.2. The lowest BCUT2D eigenvalue weighted by atomic mass is 10.0. The molecule has 0 radical (unpaired) electrons. The molecule has 128 valence electrons. The molecule has 1 aliphatic rings. The highest BCUT2D eigenvalue weighted by Crippen LogP contribution is 2.35. The number of fused-ring (bicyclic) bond motifs is 1. The van der Waals surface area contributed by atoms with Crippen LogP contribution in [0, 0.1) is 6.92 Å². The van der Waals surface area contributed by atoms with Gasteiger partial charge in [0.25, 0.3) is 0 Å². The van der Waals surface area contributed by atoms with Gasteiger partial charge in [-0.3, -0.25) is 0 Å². The molecule has 0 bridgehead atoms. The minimum atomic E-state index is -0.153. The van der Waals surface area contributed by atoms with Gasteiger partial charge in [-0.15, -0.1) is 0 Å². The average Bonchev–Trinajstić information content (AvgIpc) is 3.05. The molecule has 0 saturated heterocycles. The molecule has 0 unspecified atom stereocenters. The van der Waals surface area contributed by atoms with Gasteiger partial charge >= 0.3 is 6.03 Å². The highest BCUT2D eigenvalue weighted by Gasteiger charge is 2.29. The normalized spacial score (nSPS) is 14.8. The van der Waals surface area contributed by atoms with Crippen molar-refractivity contribution in [2.75, 3.05) is 7.05 Å². The second-order valence-corrected chi connectivity index (χ2v) is 6.93. The summed E-state index contributed by atoms with van der Waals surface area (Å²) in [4.78, 5) is 13.8. The van der Waals surface area contributed by atoms with Crippen LogP contribution in [0.2, 0.25) is 0 Å². The van der Waals surface area contributed by atoms with Crippen molar-refractivity contribution in [3.8, 4) is 5.75 Å². The SMILES string of the molecule is Cc1cc(CN(C)C(=O)NCc2ccc3c(c2)CC(C)(C)O3)on1. The number of carbonyl (C=O) groups excluding carboxylic acids is 1. The van der Waals surface area contributed by atoms with Crippen molar-refractivity contribution in [3.63, 3.8) is 0 Å². The molecule has 1 aromatic heterocycles. The van der Waals surface area contributed by atoms with Crippen LogP contribution in [-0.2, 0) is 19.5 Å². The second kappa shape index (κ2) is 6.19. The van der Waals surface area contributed by atoms with Gasteiger partial charge in [0.05, 0.1) is 12.2 Å². The standard InChI is InChI=1S/C18H23N3O3/c1-12-7-15(24-20-12)11-21(4)17(22)19-10-13-5-6-16-14(8-13)9-18(2,3)23-16/h5-8H,9-11H2,1-4H3,(H,19,22). The van der Waals surface area contributed by atoms with Crippen molar-refractivity contribution in [1.82, 2.24) is 15.4 Å². The maximum absolute atomic E-state index is 12.2. The summed E-state index contributed by atoms with van der Waals surface area (Å²) in [7, 11) is 1.73. The third-order valence-electron chi connectivity index (χ3n) is 3.99. The Hall–Kier alpha value is -2.50. The van der Waals surface area contributed by atoms with Crippen LogP contribution in [0.5, 0.6) is 5.75 Å². The second-order valence-electron chi connectivity index (χ2n) is 6.93. The molecule has 6 heteroatoms. The Morgan fingerprint density at radius 1 is 1.38 bits per heavy atom. The van der Waals surface area contributed by atoms with Gasteiger partial charge in [-0.2, -0.15) is 0 Å². The fourth-order valence-corrected chi connectivity index (χ4v) is 2.88. The van der Waals surface area contributed by atoms with Gasteiger partial charge in [0, 0.05) is 26.1 Å². The number of aromatic nitrogens is 1. The molecule has 0 atom stereocenters. The van der Waals surface area contributed by atoms with Gasteiger partial charge < -0.3 is 19.5 Å². The van der Waals surface area contributed by atoms with Crippen LogP contribution in [-0.4, -0.2) is 28.7 Å². The van der Waals surface area contributed by atoms with Crippen LogP contribution in [0.4, 0.5) is 4.79 Å². The van der Waals surface area contributed by atoms with Gasteiger partial charge in [0.15, 0.2) is 5.76 Å². The van der Waals surface area contributed by atoms with Crippen LogP contribution in [0.1, 0.15) is 36.4 Å². The molecule has 1 aromatic carbocycles. The Labute approximate surface area is 141 Å². The van der Waals surface area contributed by atoms with E-state index in [1.54, 1.807) is 11.9 Å². The van der Waals surface area contributed by atoms with Crippen molar-refractivity contribution in [3.05, 3.63) is 46.8 Å². The third kappa shape index (κ3) is 3.69. The minimum Gasteiger partial charge on any atom is -0.487 e. The van der Waals surface area contributed by atoms with Crippen LogP contribution < -0.4 is 10.1 Å². The first-order valence-corrected chi connectivity index (χ1v) is 8.04. The Balaban J connectivity index is 1.55. The number of nitrogens with one attached hydrogen (secondary N) is 1. The largest absolute Gasteiger partial charge is 0.487 e. The summed E-state index contributed by atoms with van der Waals surface area (Å²) < 4.78 is 11.0. The molecular weight excluding hydrogens is 306 g/mol. The van der Waals surface area contributed by atoms with Crippen molar-refractivity contribution < 1.29 is 14.1 Å². The van der Waals surface area contributed by atoms with Gasteiger partial charge in [0.1, 0.15) is 11.4 Å². The average molecular weight is 329 g/mol. The Kier molecular flexibility index (Phi) is 4.22. The van der Waals surface area contributed by atoms with E-state index < -0.39 is 0 Å². The summed E-state index contributed by atoms with van der Waals surface area (Å²) in [6, 6.07) is 7.74. The zero-order chi connectivity index (χ0) is 17.3. The molecule has 2 aromatic rings. The molecule has 3 rings (SSSR count).